The highest BCUT2D eigenvalue weighted by Crippen LogP contribution is 2.68. The highest BCUT2D eigenvalue weighted by Gasteiger charge is 2.68. The van der Waals surface area contributed by atoms with Crippen molar-refractivity contribution in [3.63, 3.8) is 0 Å². The van der Waals surface area contributed by atoms with Gasteiger partial charge in [-0.2, -0.15) is 0 Å². The molecule has 0 heterocycles. The molecule has 3 saturated carbocycles. The average molecular weight is 389 g/mol. The SMILES string of the molecule is CC1=CC(=O)C=C2[C@@H](C)C[C@@H]3[C@H](C(O)C[C@@]4(C)[C@H]3CC[C@]4(O)C(=O)CO)[C@@]12C. The van der Waals surface area contributed by atoms with Gasteiger partial charge in [0.25, 0.3) is 0 Å². The fourth-order valence-electron chi connectivity index (χ4n) is 7.67. The van der Waals surface area contributed by atoms with Gasteiger partial charge in [-0.25, -0.2) is 0 Å². The summed E-state index contributed by atoms with van der Waals surface area (Å²) >= 11 is 0. The Bertz CT molecular complexity index is 797. The molecule has 0 spiro atoms. The summed E-state index contributed by atoms with van der Waals surface area (Å²) in [6.07, 6.45) is 5.00. The minimum absolute atomic E-state index is 0.0224. The second kappa shape index (κ2) is 6.10. The quantitative estimate of drug-likeness (QED) is 0.674. The third kappa shape index (κ3) is 2.24. The molecule has 3 N–H and O–H groups in total. The van der Waals surface area contributed by atoms with E-state index in [0.29, 0.717) is 12.8 Å². The Labute approximate surface area is 166 Å². The zero-order valence-electron chi connectivity index (χ0n) is 17.2. The summed E-state index contributed by atoms with van der Waals surface area (Å²) in [4.78, 5) is 24.6. The predicted octanol–water partition coefficient (Wildman–Crippen LogP) is 2.19. The number of hydrogen-bond acceptors (Lipinski definition) is 5. The number of carbonyl (C=O) groups is 2. The van der Waals surface area contributed by atoms with Crippen molar-refractivity contribution in [3.05, 3.63) is 23.3 Å². The van der Waals surface area contributed by atoms with Crippen molar-refractivity contribution in [1.82, 2.24) is 0 Å². The number of allylic oxidation sites excluding steroid dienone is 4. The number of hydrogen-bond donors (Lipinski definition) is 3. The van der Waals surface area contributed by atoms with Crippen molar-refractivity contribution in [2.45, 2.75) is 65.1 Å². The molecule has 154 valence electrons. The van der Waals surface area contributed by atoms with Crippen LogP contribution < -0.4 is 0 Å². The van der Waals surface area contributed by atoms with E-state index in [9.17, 15) is 24.9 Å². The highest BCUT2D eigenvalue weighted by atomic mass is 16.3. The molecule has 0 aromatic rings. The summed E-state index contributed by atoms with van der Waals surface area (Å²) in [5.41, 5.74) is -0.586. The fraction of sp³-hybridized carbons (Fsp3) is 0.739. The van der Waals surface area contributed by atoms with Gasteiger partial charge in [0.05, 0.1) is 6.10 Å². The molecule has 1 unspecified atom stereocenters. The summed E-state index contributed by atoms with van der Waals surface area (Å²) in [5.74, 6) is -0.0810. The molecule has 0 bridgehead atoms. The van der Waals surface area contributed by atoms with Crippen molar-refractivity contribution >= 4 is 11.6 Å². The smallest absolute Gasteiger partial charge is 0.190 e. The van der Waals surface area contributed by atoms with E-state index in [1.165, 1.54) is 0 Å². The first-order valence-corrected chi connectivity index (χ1v) is 10.5. The summed E-state index contributed by atoms with van der Waals surface area (Å²) < 4.78 is 0. The van der Waals surface area contributed by atoms with E-state index in [0.717, 1.165) is 24.0 Å². The Morgan fingerprint density at radius 2 is 1.96 bits per heavy atom. The van der Waals surface area contributed by atoms with E-state index in [1.54, 1.807) is 12.2 Å². The normalized spacial score (nSPS) is 50.2. The summed E-state index contributed by atoms with van der Waals surface area (Å²) in [5, 5.41) is 32.1. The highest BCUT2D eigenvalue weighted by molar-refractivity contribution is 6.02. The largest absolute Gasteiger partial charge is 0.393 e. The fourth-order valence-corrected chi connectivity index (χ4v) is 7.67. The Morgan fingerprint density at radius 1 is 1.29 bits per heavy atom. The number of fused-ring (bicyclic) bond motifs is 5. The van der Waals surface area contributed by atoms with Crippen molar-refractivity contribution in [2.75, 3.05) is 6.61 Å². The lowest BCUT2D eigenvalue weighted by molar-refractivity contribution is -0.180. The molecule has 5 nitrogen and oxygen atoms in total. The van der Waals surface area contributed by atoms with E-state index in [4.69, 9.17) is 0 Å². The lowest BCUT2D eigenvalue weighted by atomic mass is 9.43. The van der Waals surface area contributed by atoms with Crippen LogP contribution in [-0.2, 0) is 9.59 Å². The van der Waals surface area contributed by atoms with Gasteiger partial charge in [0.15, 0.2) is 11.6 Å². The van der Waals surface area contributed by atoms with Crippen LogP contribution in [-0.4, -0.2) is 45.2 Å². The number of rotatable bonds is 2. The first-order chi connectivity index (χ1) is 13.0. The monoisotopic (exact) mass is 388 g/mol. The van der Waals surface area contributed by atoms with Crippen molar-refractivity contribution in [1.29, 1.82) is 0 Å². The Morgan fingerprint density at radius 3 is 2.61 bits per heavy atom. The van der Waals surface area contributed by atoms with Crippen LogP contribution in [0.5, 0.6) is 0 Å². The van der Waals surface area contributed by atoms with Crippen LogP contribution in [0, 0.1) is 34.5 Å². The molecule has 5 heteroatoms. The minimum Gasteiger partial charge on any atom is -0.393 e. The maximum atomic E-state index is 12.5. The Kier molecular flexibility index (Phi) is 4.36. The van der Waals surface area contributed by atoms with Crippen LogP contribution in [0.25, 0.3) is 0 Å². The first-order valence-electron chi connectivity index (χ1n) is 10.5. The topological polar surface area (TPSA) is 94.8 Å². The molecule has 0 aliphatic heterocycles. The summed E-state index contributed by atoms with van der Waals surface area (Å²) in [7, 11) is 0. The van der Waals surface area contributed by atoms with Gasteiger partial charge in [0.1, 0.15) is 12.2 Å². The zero-order chi connectivity index (χ0) is 20.6. The van der Waals surface area contributed by atoms with Gasteiger partial charge in [-0.3, -0.25) is 9.59 Å². The van der Waals surface area contributed by atoms with Crippen LogP contribution in [0.15, 0.2) is 23.3 Å². The molecule has 8 atom stereocenters. The number of aliphatic hydroxyl groups is 3. The summed E-state index contributed by atoms with van der Waals surface area (Å²) in [6.45, 7) is 7.53. The average Bonchev–Trinajstić information content (AvgIpc) is 2.88. The molecule has 0 amide bonds. The standard InChI is InChI=1S/C23H32O5/c1-12-7-15-16-5-6-23(28,19(27)11-24)21(16,3)10-18(26)20(15)22(4)13(2)8-14(25)9-17(12)22/h8-9,12,15-16,18,20,24,26,28H,5-7,10-11H2,1-4H3/t12-,15-,16-,18?,20+,21-,22-,23-/m0/s1. The van der Waals surface area contributed by atoms with Crippen LogP contribution in [0.2, 0.25) is 0 Å². The molecule has 4 rings (SSSR count). The van der Waals surface area contributed by atoms with Crippen LogP contribution >= 0.6 is 0 Å². The summed E-state index contributed by atoms with van der Waals surface area (Å²) in [6, 6.07) is 0. The maximum absolute atomic E-state index is 12.5. The van der Waals surface area contributed by atoms with Gasteiger partial charge in [0, 0.05) is 16.7 Å². The third-order valence-corrected chi connectivity index (χ3v) is 9.11. The Balaban J connectivity index is 1.81. The molecular weight excluding hydrogens is 356 g/mol. The van der Waals surface area contributed by atoms with Crippen LogP contribution in [0.4, 0.5) is 0 Å². The number of ketones is 2. The molecular formula is C23H32O5. The molecule has 0 saturated heterocycles. The van der Waals surface area contributed by atoms with E-state index in [2.05, 4.69) is 13.8 Å². The van der Waals surface area contributed by atoms with Crippen molar-refractivity contribution in [2.24, 2.45) is 34.5 Å². The van der Waals surface area contributed by atoms with E-state index >= 15 is 0 Å². The molecule has 3 fully saturated rings. The van der Waals surface area contributed by atoms with Crippen molar-refractivity contribution < 1.29 is 24.9 Å². The molecule has 28 heavy (non-hydrogen) atoms. The van der Waals surface area contributed by atoms with Crippen molar-refractivity contribution in [3.8, 4) is 0 Å². The lowest BCUT2D eigenvalue weighted by Gasteiger charge is -2.61. The predicted molar refractivity (Wildman–Crippen MR) is 104 cm³/mol. The van der Waals surface area contributed by atoms with E-state index in [-0.39, 0.29) is 34.9 Å². The molecule has 4 aliphatic carbocycles. The third-order valence-electron chi connectivity index (χ3n) is 9.11. The Hall–Kier alpha value is -1.30. The number of carbonyl (C=O) groups excluding carboxylic acids is 2. The molecule has 4 aliphatic rings. The number of aliphatic hydroxyl groups excluding tert-OH is 2. The first kappa shape index (κ1) is 20.0. The lowest BCUT2D eigenvalue weighted by Crippen LogP contribution is -2.62. The second-order valence-corrected chi connectivity index (χ2v) is 10.1. The number of Topliss-reactive ketones (excluding diaryl/α,β-unsaturated/α-hetero) is 1. The van der Waals surface area contributed by atoms with Gasteiger partial charge in [-0.1, -0.05) is 31.9 Å². The van der Waals surface area contributed by atoms with Gasteiger partial charge < -0.3 is 15.3 Å². The van der Waals surface area contributed by atoms with Gasteiger partial charge in [0.2, 0.25) is 0 Å². The zero-order valence-corrected chi connectivity index (χ0v) is 17.2. The van der Waals surface area contributed by atoms with E-state index < -0.39 is 29.5 Å². The van der Waals surface area contributed by atoms with Gasteiger partial charge in [-0.15, -0.1) is 0 Å². The van der Waals surface area contributed by atoms with Gasteiger partial charge >= 0.3 is 0 Å². The molecule has 0 aromatic heterocycles. The van der Waals surface area contributed by atoms with Gasteiger partial charge in [-0.05, 0) is 62.5 Å². The maximum Gasteiger partial charge on any atom is 0.190 e. The van der Waals surface area contributed by atoms with Crippen LogP contribution in [0.1, 0.15) is 53.4 Å². The van der Waals surface area contributed by atoms with E-state index in [1.807, 2.05) is 13.8 Å². The second-order valence-electron chi connectivity index (χ2n) is 10.1. The van der Waals surface area contributed by atoms with Crippen LogP contribution in [0.3, 0.4) is 0 Å². The molecule has 0 aromatic carbocycles. The molecule has 0 radical (unpaired) electrons. The minimum atomic E-state index is -1.58.